The first-order valence-electron chi connectivity index (χ1n) is 11.0. The smallest absolute Gasteiger partial charge is 0.266 e. The van der Waals surface area contributed by atoms with Gasteiger partial charge in [-0.2, -0.15) is 5.10 Å². The van der Waals surface area contributed by atoms with Gasteiger partial charge in [0.25, 0.3) is 17.7 Å². The number of imide groups is 1. The minimum atomic E-state index is -0.427. The standard InChI is InChI=1S/C27H21FN4O3/c1-16-24(17(2)31(30-16)15-19-8-3-6-13-23(19)28)29-25(33)18-9-7-10-20(14-18)32-26(34)21-11-4-5-12-22(21)27(32)35/h3-14H,15H2,1-2H3,(H,29,33). The molecule has 0 bridgehead atoms. The van der Waals surface area contributed by atoms with Crippen molar-refractivity contribution in [1.29, 1.82) is 0 Å². The average Bonchev–Trinajstić information content (AvgIpc) is 3.27. The number of hydrogen-bond donors (Lipinski definition) is 1. The third-order valence-electron chi connectivity index (χ3n) is 6.06. The highest BCUT2D eigenvalue weighted by molar-refractivity contribution is 6.34. The van der Waals surface area contributed by atoms with E-state index in [-0.39, 0.29) is 17.9 Å². The Kier molecular flexibility index (Phi) is 5.49. The van der Waals surface area contributed by atoms with Crippen LogP contribution in [0.3, 0.4) is 0 Å². The van der Waals surface area contributed by atoms with E-state index in [4.69, 9.17) is 0 Å². The Morgan fingerprint density at radius 3 is 2.26 bits per heavy atom. The van der Waals surface area contributed by atoms with E-state index in [9.17, 15) is 18.8 Å². The summed E-state index contributed by atoms with van der Waals surface area (Å²) >= 11 is 0. The molecular formula is C27H21FN4O3. The second kappa shape index (κ2) is 8.64. The van der Waals surface area contributed by atoms with Gasteiger partial charge < -0.3 is 5.32 Å². The topological polar surface area (TPSA) is 84.3 Å². The molecule has 3 aromatic carbocycles. The van der Waals surface area contributed by atoms with Crippen LogP contribution in [0, 0.1) is 19.7 Å². The summed E-state index contributed by atoms with van der Waals surface area (Å²) in [5.41, 5.74) is 3.54. The van der Waals surface area contributed by atoms with Gasteiger partial charge in [0.1, 0.15) is 5.82 Å². The quantitative estimate of drug-likeness (QED) is 0.429. The molecule has 4 aromatic rings. The van der Waals surface area contributed by atoms with Gasteiger partial charge in [-0.05, 0) is 50.2 Å². The van der Waals surface area contributed by atoms with E-state index in [0.717, 1.165) is 4.90 Å². The van der Waals surface area contributed by atoms with E-state index < -0.39 is 17.7 Å². The van der Waals surface area contributed by atoms with Crippen molar-refractivity contribution in [1.82, 2.24) is 9.78 Å². The van der Waals surface area contributed by atoms with E-state index in [1.807, 2.05) is 0 Å². The van der Waals surface area contributed by atoms with Crippen molar-refractivity contribution in [3.63, 3.8) is 0 Å². The van der Waals surface area contributed by atoms with Crippen LogP contribution < -0.4 is 10.2 Å². The van der Waals surface area contributed by atoms with Crippen LogP contribution in [0.5, 0.6) is 0 Å². The maximum atomic E-state index is 14.1. The predicted molar refractivity (Wildman–Crippen MR) is 129 cm³/mol. The molecule has 2 heterocycles. The molecule has 5 rings (SSSR count). The summed E-state index contributed by atoms with van der Waals surface area (Å²) in [6.07, 6.45) is 0. The number of aromatic nitrogens is 2. The van der Waals surface area contributed by atoms with Crippen LogP contribution in [0.1, 0.15) is 48.0 Å². The largest absolute Gasteiger partial charge is 0.319 e. The number of nitrogens with zero attached hydrogens (tertiary/aromatic N) is 3. The Labute approximate surface area is 200 Å². The number of anilines is 2. The van der Waals surface area contributed by atoms with Gasteiger partial charge in [-0.3, -0.25) is 19.1 Å². The minimum Gasteiger partial charge on any atom is -0.319 e. The van der Waals surface area contributed by atoms with Crippen LogP contribution in [-0.4, -0.2) is 27.5 Å². The number of carbonyl (C=O) groups excluding carboxylic acids is 3. The van der Waals surface area contributed by atoms with Gasteiger partial charge in [-0.25, -0.2) is 9.29 Å². The summed E-state index contributed by atoms with van der Waals surface area (Å²) in [5.74, 6) is -1.59. The second-order valence-corrected chi connectivity index (χ2v) is 8.29. The molecule has 35 heavy (non-hydrogen) atoms. The minimum absolute atomic E-state index is 0.227. The molecule has 1 aliphatic heterocycles. The SMILES string of the molecule is Cc1nn(Cc2ccccc2F)c(C)c1NC(=O)c1cccc(N2C(=O)c3ccccc3C2=O)c1. The lowest BCUT2D eigenvalue weighted by Gasteiger charge is -2.15. The third-order valence-corrected chi connectivity index (χ3v) is 6.06. The van der Waals surface area contributed by atoms with Crippen LogP contribution in [-0.2, 0) is 6.54 Å². The van der Waals surface area contributed by atoms with Crippen molar-refractivity contribution in [2.45, 2.75) is 20.4 Å². The molecule has 174 valence electrons. The maximum absolute atomic E-state index is 14.1. The van der Waals surface area contributed by atoms with Gasteiger partial charge in [-0.15, -0.1) is 0 Å². The normalized spacial score (nSPS) is 12.7. The maximum Gasteiger partial charge on any atom is 0.266 e. The molecule has 0 radical (unpaired) electrons. The van der Waals surface area contributed by atoms with Crippen molar-refractivity contribution < 1.29 is 18.8 Å². The number of hydrogen-bond acceptors (Lipinski definition) is 4. The first-order valence-corrected chi connectivity index (χ1v) is 11.0. The number of fused-ring (bicyclic) bond motifs is 1. The van der Waals surface area contributed by atoms with Crippen molar-refractivity contribution in [2.24, 2.45) is 0 Å². The van der Waals surface area contributed by atoms with E-state index in [1.54, 1.807) is 79.2 Å². The number of amides is 3. The Bertz CT molecular complexity index is 1470. The molecule has 0 spiro atoms. The van der Waals surface area contributed by atoms with Gasteiger partial charge in [0, 0.05) is 11.1 Å². The summed E-state index contributed by atoms with van der Waals surface area (Å²) in [7, 11) is 0. The van der Waals surface area contributed by atoms with E-state index >= 15 is 0 Å². The van der Waals surface area contributed by atoms with Crippen molar-refractivity contribution in [3.8, 4) is 0 Å². The highest BCUT2D eigenvalue weighted by Crippen LogP contribution is 2.29. The second-order valence-electron chi connectivity index (χ2n) is 8.29. The van der Waals surface area contributed by atoms with Crippen molar-refractivity contribution >= 4 is 29.1 Å². The number of rotatable bonds is 5. The number of nitrogens with one attached hydrogen (secondary N) is 1. The zero-order valence-corrected chi connectivity index (χ0v) is 19.1. The van der Waals surface area contributed by atoms with Crippen LogP contribution in [0.25, 0.3) is 0 Å². The van der Waals surface area contributed by atoms with Crippen LogP contribution >= 0.6 is 0 Å². The Hall–Kier alpha value is -4.59. The lowest BCUT2D eigenvalue weighted by atomic mass is 10.1. The van der Waals surface area contributed by atoms with Crippen LogP contribution in [0.4, 0.5) is 15.8 Å². The number of halogens is 1. The third kappa shape index (κ3) is 3.89. The molecular weight excluding hydrogens is 447 g/mol. The zero-order valence-electron chi connectivity index (χ0n) is 19.1. The first kappa shape index (κ1) is 22.2. The molecule has 1 N–H and O–H groups in total. The van der Waals surface area contributed by atoms with E-state index in [2.05, 4.69) is 10.4 Å². The average molecular weight is 468 g/mol. The Morgan fingerprint density at radius 2 is 1.57 bits per heavy atom. The number of benzene rings is 3. The van der Waals surface area contributed by atoms with Gasteiger partial charge in [0.2, 0.25) is 0 Å². The van der Waals surface area contributed by atoms with Gasteiger partial charge >= 0.3 is 0 Å². The Balaban J connectivity index is 1.39. The fraction of sp³-hybridized carbons (Fsp3) is 0.111. The summed E-state index contributed by atoms with van der Waals surface area (Å²) in [6.45, 7) is 3.78. The molecule has 0 saturated heterocycles. The fourth-order valence-corrected chi connectivity index (χ4v) is 4.22. The lowest BCUT2D eigenvalue weighted by Crippen LogP contribution is -2.29. The molecule has 1 aliphatic rings. The molecule has 1 aromatic heterocycles. The molecule has 7 nitrogen and oxygen atoms in total. The molecule has 3 amide bonds. The predicted octanol–water partition coefficient (Wildman–Crippen LogP) is 4.74. The van der Waals surface area contributed by atoms with E-state index in [0.29, 0.717) is 39.5 Å². The fourth-order valence-electron chi connectivity index (χ4n) is 4.22. The van der Waals surface area contributed by atoms with Gasteiger partial charge in [0.15, 0.2) is 0 Å². The molecule has 0 fully saturated rings. The molecule has 8 heteroatoms. The van der Waals surface area contributed by atoms with Crippen molar-refractivity contribution in [2.75, 3.05) is 10.2 Å². The summed E-state index contributed by atoms with van der Waals surface area (Å²) < 4.78 is 15.7. The highest BCUT2D eigenvalue weighted by atomic mass is 19.1. The summed E-state index contributed by atoms with van der Waals surface area (Å²) in [6, 6.07) is 19.4. The van der Waals surface area contributed by atoms with E-state index in [1.165, 1.54) is 12.1 Å². The number of aryl methyl sites for hydroxylation is 1. The molecule has 0 unspecified atom stereocenters. The summed E-state index contributed by atoms with van der Waals surface area (Å²) in [4.78, 5) is 39.8. The molecule has 0 aliphatic carbocycles. The number of carbonyl (C=O) groups is 3. The molecule has 0 atom stereocenters. The van der Waals surface area contributed by atoms with Crippen LogP contribution in [0.15, 0.2) is 72.8 Å². The summed E-state index contributed by atoms with van der Waals surface area (Å²) in [5, 5.41) is 7.32. The van der Waals surface area contributed by atoms with Crippen molar-refractivity contribution in [3.05, 3.63) is 112 Å². The zero-order chi connectivity index (χ0) is 24.7. The molecule has 0 saturated carbocycles. The Morgan fingerprint density at radius 1 is 0.914 bits per heavy atom. The monoisotopic (exact) mass is 468 g/mol. The highest BCUT2D eigenvalue weighted by Gasteiger charge is 2.36. The van der Waals surface area contributed by atoms with Gasteiger partial charge in [-0.1, -0.05) is 36.4 Å². The first-order chi connectivity index (χ1) is 16.8. The lowest BCUT2D eigenvalue weighted by molar-refractivity contribution is 0.0924. The van der Waals surface area contributed by atoms with Gasteiger partial charge in [0.05, 0.1) is 40.4 Å². The van der Waals surface area contributed by atoms with Crippen LogP contribution in [0.2, 0.25) is 0 Å².